The number of hydrogen-bond acceptors (Lipinski definition) is 3. The highest BCUT2D eigenvalue weighted by Crippen LogP contribution is 2.62. The third-order valence-corrected chi connectivity index (χ3v) is 8.65. The molecule has 4 atom stereocenters. The van der Waals surface area contributed by atoms with E-state index in [1.807, 2.05) is 18.2 Å². The van der Waals surface area contributed by atoms with Crippen molar-refractivity contribution in [1.82, 2.24) is 0 Å². The summed E-state index contributed by atoms with van der Waals surface area (Å²) in [4.78, 5) is 0.263. The molecule has 0 unspecified atom stereocenters. The Balaban J connectivity index is 1.94. The summed E-state index contributed by atoms with van der Waals surface area (Å²) < 4.78 is 26.2. The van der Waals surface area contributed by atoms with Gasteiger partial charge < -0.3 is 5.11 Å². The standard InChI is InChI=1S/C21H22O3S/c1-15-17-12-13-18(14-17)21(15,20(22)16-8-4-2-5-9-16)25(23,24)19-10-6-3-7-11-19/h2-11,17-18,20,22H,1,12-14H2/t17-,18+,20+,21+/m0/s1. The lowest BCUT2D eigenvalue weighted by Gasteiger charge is -2.42. The molecule has 2 aromatic rings. The minimum Gasteiger partial charge on any atom is -0.386 e. The van der Waals surface area contributed by atoms with Gasteiger partial charge in [0.1, 0.15) is 10.9 Å². The molecule has 0 aromatic heterocycles. The van der Waals surface area contributed by atoms with Gasteiger partial charge in [-0.25, -0.2) is 8.42 Å². The van der Waals surface area contributed by atoms with Gasteiger partial charge in [-0.1, -0.05) is 55.1 Å². The average Bonchev–Trinajstić information content (AvgIpc) is 3.23. The summed E-state index contributed by atoms with van der Waals surface area (Å²) in [5.41, 5.74) is 1.32. The van der Waals surface area contributed by atoms with Crippen LogP contribution in [0.5, 0.6) is 0 Å². The molecule has 0 saturated heterocycles. The Morgan fingerprint density at radius 1 is 1.00 bits per heavy atom. The zero-order valence-corrected chi connectivity index (χ0v) is 14.8. The van der Waals surface area contributed by atoms with Crippen molar-refractivity contribution in [2.75, 3.05) is 0 Å². The third kappa shape index (κ3) is 2.17. The molecule has 2 aromatic carbocycles. The molecule has 2 aliphatic rings. The van der Waals surface area contributed by atoms with Crippen molar-refractivity contribution >= 4 is 9.84 Å². The van der Waals surface area contributed by atoms with Crippen molar-refractivity contribution < 1.29 is 13.5 Å². The summed E-state index contributed by atoms with van der Waals surface area (Å²) in [5.74, 6) is 0.0901. The first kappa shape index (κ1) is 16.6. The van der Waals surface area contributed by atoms with Crippen LogP contribution in [0.4, 0.5) is 0 Å². The number of rotatable bonds is 4. The van der Waals surface area contributed by atoms with Gasteiger partial charge in [0.2, 0.25) is 0 Å². The first-order valence-electron chi connectivity index (χ1n) is 8.71. The lowest BCUT2D eigenvalue weighted by atomic mass is 9.78. The SMILES string of the molecule is C=C1[C@H]2CC[C@H](C2)[C@]1([C@H](O)c1ccccc1)S(=O)(=O)c1ccccc1. The molecule has 0 aliphatic heterocycles. The Labute approximate surface area is 148 Å². The first-order chi connectivity index (χ1) is 12.0. The van der Waals surface area contributed by atoms with Gasteiger partial charge in [0.25, 0.3) is 0 Å². The first-order valence-corrected chi connectivity index (χ1v) is 10.2. The fourth-order valence-electron chi connectivity index (χ4n) is 4.88. The minimum absolute atomic E-state index is 0.0922. The highest BCUT2D eigenvalue weighted by Gasteiger charge is 2.65. The Bertz CT molecular complexity index is 889. The molecule has 2 aliphatic carbocycles. The van der Waals surface area contributed by atoms with Crippen LogP contribution in [0.2, 0.25) is 0 Å². The topological polar surface area (TPSA) is 54.4 Å². The summed E-state index contributed by atoms with van der Waals surface area (Å²) in [7, 11) is -3.78. The Morgan fingerprint density at radius 2 is 1.60 bits per heavy atom. The van der Waals surface area contributed by atoms with Gasteiger partial charge in [-0.05, 0) is 54.4 Å². The van der Waals surface area contributed by atoms with Crippen LogP contribution in [0, 0.1) is 11.8 Å². The molecule has 130 valence electrons. The summed E-state index contributed by atoms with van der Waals surface area (Å²) in [5, 5.41) is 11.3. The van der Waals surface area contributed by atoms with Crippen LogP contribution in [0.25, 0.3) is 0 Å². The lowest BCUT2D eigenvalue weighted by molar-refractivity contribution is 0.114. The van der Waals surface area contributed by atoms with E-state index in [2.05, 4.69) is 6.58 Å². The van der Waals surface area contributed by atoms with E-state index in [1.165, 1.54) is 0 Å². The van der Waals surface area contributed by atoms with Gasteiger partial charge >= 0.3 is 0 Å². The zero-order chi connectivity index (χ0) is 17.7. The molecule has 1 N–H and O–H groups in total. The van der Waals surface area contributed by atoms with Gasteiger partial charge in [-0.3, -0.25) is 0 Å². The van der Waals surface area contributed by atoms with Crippen molar-refractivity contribution in [2.45, 2.75) is 35.0 Å². The number of aliphatic hydroxyl groups is 1. The molecule has 4 heteroatoms. The second-order valence-corrected chi connectivity index (χ2v) is 9.31. The highest BCUT2D eigenvalue weighted by molar-refractivity contribution is 7.93. The van der Waals surface area contributed by atoms with Crippen molar-refractivity contribution in [3.63, 3.8) is 0 Å². The van der Waals surface area contributed by atoms with E-state index >= 15 is 0 Å². The normalized spacial score (nSPS) is 29.7. The second-order valence-electron chi connectivity index (χ2n) is 7.15. The van der Waals surface area contributed by atoms with Crippen molar-refractivity contribution in [2.24, 2.45) is 11.8 Å². The Hall–Kier alpha value is -1.91. The van der Waals surface area contributed by atoms with Gasteiger partial charge in [0.15, 0.2) is 9.84 Å². The van der Waals surface area contributed by atoms with Crippen LogP contribution in [0.1, 0.15) is 30.9 Å². The predicted octanol–water partition coefficient (Wildman–Crippen LogP) is 3.92. The van der Waals surface area contributed by atoms with Crippen LogP contribution < -0.4 is 0 Å². The molecule has 0 spiro atoms. The zero-order valence-electron chi connectivity index (χ0n) is 14.0. The largest absolute Gasteiger partial charge is 0.386 e. The maximum atomic E-state index is 13.8. The molecule has 4 rings (SSSR count). The van der Waals surface area contributed by atoms with Gasteiger partial charge in [0.05, 0.1) is 4.90 Å². The van der Waals surface area contributed by atoms with Crippen LogP contribution in [0.15, 0.2) is 77.7 Å². The summed E-state index contributed by atoms with van der Waals surface area (Å²) >= 11 is 0. The van der Waals surface area contributed by atoms with Crippen LogP contribution in [-0.4, -0.2) is 18.3 Å². The van der Waals surface area contributed by atoms with E-state index in [1.54, 1.807) is 42.5 Å². The lowest BCUT2D eigenvalue weighted by Crippen LogP contribution is -2.50. The van der Waals surface area contributed by atoms with Crippen molar-refractivity contribution in [3.8, 4) is 0 Å². The second kappa shape index (κ2) is 5.82. The molecule has 0 heterocycles. The van der Waals surface area contributed by atoms with Crippen LogP contribution >= 0.6 is 0 Å². The van der Waals surface area contributed by atoms with E-state index in [9.17, 15) is 13.5 Å². The van der Waals surface area contributed by atoms with E-state index < -0.39 is 20.7 Å². The van der Waals surface area contributed by atoms with E-state index in [0.717, 1.165) is 19.3 Å². The number of fused-ring (bicyclic) bond motifs is 2. The van der Waals surface area contributed by atoms with E-state index in [4.69, 9.17) is 0 Å². The third-order valence-electron chi connectivity index (χ3n) is 6.05. The van der Waals surface area contributed by atoms with E-state index in [-0.39, 0.29) is 16.7 Å². The highest BCUT2D eigenvalue weighted by atomic mass is 32.2. The van der Waals surface area contributed by atoms with Crippen molar-refractivity contribution in [1.29, 1.82) is 0 Å². The number of benzene rings is 2. The molecule has 0 amide bonds. The van der Waals surface area contributed by atoms with Gasteiger partial charge in [-0.2, -0.15) is 0 Å². The summed E-state index contributed by atoms with van der Waals surface area (Å²) in [6.45, 7) is 4.19. The number of aliphatic hydroxyl groups excluding tert-OH is 1. The summed E-state index contributed by atoms with van der Waals surface area (Å²) in [6, 6.07) is 17.6. The Kier molecular flexibility index (Phi) is 3.85. The molecular formula is C21H22O3S. The fourth-order valence-corrected chi connectivity index (χ4v) is 7.38. The minimum atomic E-state index is -3.78. The smallest absolute Gasteiger partial charge is 0.191 e. The fraction of sp³-hybridized carbons (Fsp3) is 0.333. The van der Waals surface area contributed by atoms with E-state index in [0.29, 0.717) is 11.1 Å². The molecule has 2 fully saturated rings. The van der Waals surface area contributed by atoms with Gasteiger partial charge in [0, 0.05) is 0 Å². The Morgan fingerprint density at radius 3 is 2.16 bits per heavy atom. The molecule has 25 heavy (non-hydrogen) atoms. The molecule has 2 saturated carbocycles. The molecular weight excluding hydrogens is 332 g/mol. The number of hydrogen-bond donors (Lipinski definition) is 1. The maximum absolute atomic E-state index is 13.8. The van der Waals surface area contributed by atoms with Crippen LogP contribution in [0.3, 0.4) is 0 Å². The van der Waals surface area contributed by atoms with Gasteiger partial charge in [-0.15, -0.1) is 0 Å². The quantitative estimate of drug-likeness (QED) is 0.847. The monoisotopic (exact) mass is 354 g/mol. The summed E-state index contributed by atoms with van der Waals surface area (Å²) in [6.07, 6.45) is 1.48. The molecule has 0 radical (unpaired) electrons. The van der Waals surface area contributed by atoms with Crippen LogP contribution in [-0.2, 0) is 9.84 Å². The van der Waals surface area contributed by atoms with Crippen molar-refractivity contribution in [3.05, 3.63) is 78.4 Å². The number of sulfone groups is 1. The molecule has 3 nitrogen and oxygen atoms in total. The predicted molar refractivity (Wildman–Crippen MR) is 97.7 cm³/mol. The molecule has 2 bridgehead atoms. The average molecular weight is 354 g/mol. The maximum Gasteiger partial charge on any atom is 0.191 e.